The van der Waals surface area contributed by atoms with E-state index in [0.717, 1.165) is 22.2 Å². The number of pyridine rings is 1. The van der Waals surface area contributed by atoms with Gasteiger partial charge in [-0.25, -0.2) is 0 Å². The van der Waals surface area contributed by atoms with Crippen LogP contribution in [0.3, 0.4) is 0 Å². The summed E-state index contributed by atoms with van der Waals surface area (Å²) in [4.78, 5) is 4.32. The molecule has 3 aromatic rings. The lowest BCUT2D eigenvalue weighted by atomic mass is 10.1. The molecule has 0 amide bonds. The van der Waals surface area contributed by atoms with Crippen molar-refractivity contribution in [2.24, 2.45) is 0 Å². The van der Waals surface area contributed by atoms with E-state index in [-0.39, 0.29) is 0 Å². The van der Waals surface area contributed by atoms with Crippen molar-refractivity contribution in [1.82, 2.24) is 4.98 Å². The first-order valence-corrected chi connectivity index (χ1v) is 5.20. The molecule has 2 heterocycles. The molecule has 3 heteroatoms. The number of hydrogen-bond donors (Lipinski definition) is 0. The first-order chi connectivity index (χ1) is 8.36. The van der Waals surface area contributed by atoms with Crippen molar-refractivity contribution in [3.05, 3.63) is 54.4 Å². The summed E-state index contributed by atoms with van der Waals surface area (Å²) in [7, 11) is 0. The zero-order valence-corrected chi connectivity index (χ0v) is 8.92. The quantitative estimate of drug-likeness (QED) is 0.631. The zero-order chi connectivity index (χ0) is 11.7. The van der Waals surface area contributed by atoms with Crippen LogP contribution in [-0.4, -0.2) is 4.98 Å². The van der Waals surface area contributed by atoms with Crippen molar-refractivity contribution in [2.45, 2.75) is 0 Å². The number of aromatic nitrogens is 1. The highest BCUT2D eigenvalue weighted by Gasteiger charge is 2.03. The summed E-state index contributed by atoms with van der Waals surface area (Å²) in [5.41, 5.74) is 3.19. The Bertz CT molecular complexity index is 722. The highest BCUT2D eigenvalue weighted by Crippen LogP contribution is 2.23. The lowest BCUT2D eigenvalue weighted by Crippen LogP contribution is -1.83. The van der Waals surface area contributed by atoms with E-state index in [1.165, 1.54) is 0 Å². The van der Waals surface area contributed by atoms with Crippen LogP contribution in [0.5, 0.6) is 0 Å². The minimum atomic E-state index is 0.636. The lowest BCUT2D eigenvalue weighted by Gasteiger charge is -2.00. The lowest BCUT2D eigenvalue weighted by molar-refractivity contribution is 0.614. The van der Waals surface area contributed by atoms with Gasteiger partial charge in [0.05, 0.1) is 29.8 Å². The fourth-order valence-electron chi connectivity index (χ4n) is 1.77. The summed E-state index contributed by atoms with van der Waals surface area (Å²) >= 11 is 0. The van der Waals surface area contributed by atoms with Gasteiger partial charge in [-0.1, -0.05) is 12.1 Å². The Kier molecular flexibility index (Phi) is 2.13. The number of furan rings is 1. The van der Waals surface area contributed by atoms with E-state index in [9.17, 15) is 0 Å². The standard InChI is InChI=1S/C14H8N2O/c15-8-10-2-1-3-11(6-10)13-7-12-4-5-17-14(12)9-16-13/h1-7,9H. The molecule has 3 rings (SSSR count). The molecule has 0 saturated heterocycles. The second-order valence-corrected chi connectivity index (χ2v) is 3.72. The van der Waals surface area contributed by atoms with E-state index in [2.05, 4.69) is 11.1 Å². The van der Waals surface area contributed by atoms with E-state index < -0.39 is 0 Å². The van der Waals surface area contributed by atoms with Gasteiger partial charge in [0.15, 0.2) is 5.58 Å². The van der Waals surface area contributed by atoms with Crippen LogP contribution in [0.1, 0.15) is 5.56 Å². The normalized spacial score (nSPS) is 10.3. The fourth-order valence-corrected chi connectivity index (χ4v) is 1.77. The predicted octanol–water partition coefficient (Wildman–Crippen LogP) is 3.37. The van der Waals surface area contributed by atoms with Crippen molar-refractivity contribution in [3.63, 3.8) is 0 Å². The Morgan fingerprint density at radius 1 is 1.18 bits per heavy atom. The minimum absolute atomic E-state index is 0.636. The highest BCUT2D eigenvalue weighted by atomic mass is 16.3. The summed E-state index contributed by atoms with van der Waals surface area (Å²) in [6.45, 7) is 0. The Labute approximate surface area is 97.9 Å². The topological polar surface area (TPSA) is 49.8 Å². The molecule has 80 valence electrons. The summed E-state index contributed by atoms with van der Waals surface area (Å²) in [6.07, 6.45) is 3.34. The number of benzene rings is 1. The molecule has 0 aliphatic heterocycles. The van der Waals surface area contributed by atoms with Crippen LogP contribution in [-0.2, 0) is 0 Å². The van der Waals surface area contributed by atoms with Gasteiger partial charge in [-0.05, 0) is 24.3 Å². The van der Waals surface area contributed by atoms with Gasteiger partial charge in [0.1, 0.15) is 0 Å². The van der Waals surface area contributed by atoms with Crippen LogP contribution in [0, 0.1) is 11.3 Å². The zero-order valence-electron chi connectivity index (χ0n) is 8.92. The number of nitrogens with zero attached hydrogens (tertiary/aromatic N) is 2. The van der Waals surface area contributed by atoms with Crippen LogP contribution < -0.4 is 0 Å². The number of hydrogen-bond acceptors (Lipinski definition) is 3. The van der Waals surface area contributed by atoms with Crippen LogP contribution >= 0.6 is 0 Å². The molecule has 0 bridgehead atoms. The van der Waals surface area contributed by atoms with Gasteiger partial charge in [-0.15, -0.1) is 0 Å². The predicted molar refractivity (Wildman–Crippen MR) is 64.2 cm³/mol. The molecule has 0 aliphatic carbocycles. The monoisotopic (exact) mass is 220 g/mol. The van der Waals surface area contributed by atoms with Crippen molar-refractivity contribution >= 4 is 11.0 Å². The molecule has 0 radical (unpaired) electrons. The van der Waals surface area contributed by atoms with Crippen molar-refractivity contribution < 1.29 is 4.42 Å². The number of rotatable bonds is 1. The summed E-state index contributed by atoms with van der Waals surface area (Å²) in [6, 6.07) is 13.4. The van der Waals surface area contributed by atoms with E-state index in [1.807, 2.05) is 30.3 Å². The maximum Gasteiger partial charge on any atom is 0.152 e. The molecule has 0 aliphatic rings. The van der Waals surface area contributed by atoms with Crippen LogP contribution in [0.25, 0.3) is 22.2 Å². The maximum absolute atomic E-state index is 8.86. The minimum Gasteiger partial charge on any atom is -0.463 e. The van der Waals surface area contributed by atoms with Gasteiger partial charge in [0.25, 0.3) is 0 Å². The van der Waals surface area contributed by atoms with Gasteiger partial charge in [-0.3, -0.25) is 4.98 Å². The largest absolute Gasteiger partial charge is 0.463 e. The average Bonchev–Trinajstić information content (AvgIpc) is 2.86. The summed E-state index contributed by atoms with van der Waals surface area (Å²) < 4.78 is 5.24. The third-order valence-electron chi connectivity index (χ3n) is 2.63. The van der Waals surface area contributed by atoms with Crippen LogP contribution in [0.15, 0.2) is 53.3 Å². The first kappa shape index (κ1) is 9.61. The van der Waals surface area contributed by atoms with E-state index in [4.69, 9.17) is 9.68 Å². The molecule has 0 N–H and O–H groups in total. The molecule has 1 aromatic carbocycles. The van der Waals surface area contributed by atoms with Gasteiger partial charge in [0, 0.05) is 10.9 Å². The molecular weight excluding hydrogens is 212 g/mol. The molecule has 2 aromatic heterocycles. The Hall–Kier alpha value is -2.60. The number of nitriles is 1. The molecule has 3 nitrogen and oxygen atoms in total. The molecule has 0 saturated carbocycles. The van der Waals surface area contributed by atoms with E-state index in [0.29, 0.717) is 5.56 Å². The van der Waals surface area contributed by atoms with Crippen molar-refractivity contribution in [3.8, 4) is 17.3 Å². The van der Waals surface area contributed by atoms with Gasteiger partial charge in [-0.2, -0.15) is 5.26 Å². The van der Waals surface area contributed by atoms with Crippen molar-refractivity contribution in [1.29, 1.82) is 5.26 Å². The molecule has 0 atom stereocenters. The maximum atomic E-state index is 8.86. The fraction of sp³-hybridized carbons (Fsp3) is 0. The number of fused-ring (bicyclic) bond motifs is 1. The average molecular weight is 220 g/mol. The van der Waals surface area contributed by atoms with Gasteiger partial charge >= 0.3 is 0 Å². The van der Waals surface area contributed by atoms with Crippen LogP contribution in [0.2, 0.25) is 0 Å². The summed E-state index contributed by atoms with van der Waals surface area (Å²) in [5, 5.41) is 9.87. The molecule has 0 fully saturated rings. The van der Waals surface area contributed by atoms with Crippen LogP contribution in [0.4, 0.5) is 0 Å². The van der Waals surface area contributed by atoms with Gasteiger partial charge < -0.3 is 4.42 Å². The SMILES string of the molecule is N#Cc1cccc(-c2cc3ccoc3cn2)c1. The summed E-state index contributed by atoms with van der Waals surface area (Å²) in [5.74, 6) is 0. The molecular formula is C14H8N2O. The van der Waals surface area contributed by atoms with E-state index in [1.54, 1.807) is 18.5 Å². The third-order valence-corrected chi connectivity index (χ3v) is 2.63. The first-order valence-electron chi connectivity index (χ1n) is 5.20. The van der Waals surface area contributed by atoms with E-state index >= 15 is 0 Å². The Balaban J connectivity index is 2.16. The molecule has 17 heavy (non-hydrogen) atoms. The highest BCUT2D eigenvalue weighted by molar-refractivity contribution is 5.81. The smallest absolute Gasteiger partial charge is 0.152 e. The van der Waals surface area contributed by atoms with Gasteiger partial charge in [0.2, 0.25) is 0 Å². The Morgan fingerprint density at radius 2 is 2.12 bits per heavy atom. The molecule has 0 unspecified atom stereocenters. The second kappa shape index (κ2) is 3.76. The Morgan fingerprint density at radius 3 is 3.00 bits per heavy atom. The third kappa shape index (κ3) is 1.66. The molecule has 0 spiro atoms. The second-order valence-electron chi connectivity index (χ2n) is 3.72. The van der Waals surface area contributed by atoms with Crippen molar-refractivity contribution in [2.75, 3.05) is 0 Å².